The van der Waals surface area contributed by atoms with Gasteiger partial charge in [-0.25, -0.2) is 0 Å². The number of halogens is 1. The largest absolute Gasteiger partial charge is 0.481 e. The van der Waals surface area contributed by atoms with Gasteiger partial charge in [0.05, 0.1) is 6.42 Å². The number of allylic oxidation sites excluding steroid dienone is 2. The highest BCUT2D eigenvalue weighted by Gasteiger charge is 2.04. The zero-order chi connectivity index (χ0) is 7.40. The van der Waals surface area contributed by atoms with Crippen molar-refractivity contribution in [1.82, 2.24) is 0 Å². The molecule has 1 heterocycles. The Morgan fingerprint density at radius 1 is 1.73 bits per heavy atom. The molecule has 0 fully saturated rings. The van der Waals surface area contributed by atoms with E-state index in [2.05, 4.69) is 0 Å². The average Bonchev–Trinajstić information content (AvgIpc) is 1.88. The van der Waals surface area contributed by atoms with E-state index in [0.29, 0.717) is 0 Å². The van der Waals surface area contributed by atoms with Gasteiger partial charge in [-0.1, -0.05) is 18.2 Å². The molecule has 0 saturated heterocycles. The van der Waals surface area contributed by atoms with E-state index in [0.717, 1.165) is 10.7 Å². The van der Waals surface area contributed by atoms with Gasteiger partial charge in [-0.3, -0.25) is 4.79 Å². The second-order valence-electron chi connectivity index (χ2n) is 1.94. The molecule has 0 spiro atoms. The van der Waals surface area contributed by atoms with Gasteiger partial charge in [-0.05, 0) is 4.91 Å². The van der Waals surface area contributed by atoms with Gasteiger partial charge >= 0.3 is 5.97 Å². The van der Waals surface area contributed by atoms with Gasteiger partial charge in [0.2, 0.25) is 0 Å². The van der Waals surface area contributed by atoms with Crippen molar-refractivity contribution in [3.8, 4) is 0 Å². The third-order valence-electron chi connectivity index (χ3n) is 1.11. The molecular weight excluding hydrogens is 184 g/mol. The summed E-state index contributed by atoms with van der Waals surface area (Å²) in [4.78, 5) is 11.1. The molecule has 0 bridgehead atoms. The average molecular weight is 193 g/mol. The highest BCUT2D eigenvalue weighted by atomic mass is 35.5. The molecular formula is C7H9ClO2S. The van der Waals surface area contributed by atoms with Crippen LogP contribution in [0.5, 0.6) is 0 Å². The van der Waals surface area contributed by atoms with Crippen LogP contribution in [-0.2, 0) is 4.79 Å². The molecule has 0 aromatic carbocycles. The number of carboxylic acid groups (broad SMARTS) is 1. The lowest BCUT2D eigenvalue weighted by Crippen LogP contribution is -1.96. The number of hydrogen-bond donors (Lipinski definition) is 1. The number of thioether (sulfide) groups is 1. The Morgan fingerprint density at radius 3 is 2.91 bits per heavy atom. The molecule has 0 aromatic rings. The van der Waals surface area contributed by atoms with Crippen molar-refractivity contribution >= 4 is 30.1 Å². The van der Waals surface area contributed by atoms with Crippen molar-refractivity contribution < 1.29 is 9.90 Å². The van der Waals surface area contributed by atoms with Crippen molar-refractivity contribution in [3.05, 3.63) is 23.1 Å². The summed E-state index contributed by atoms with van der Waals surface area (Å²) in [6.07, 6.45) is 5.92. The molecule has 1 aliphatic heterocycles. The van der Waals surface area contributed by atoms with E-state index in [-0.39, 0.29) is 18.8 Å². The fourth-order valence-corrected chi connectivity index (χ4v) is 1.51. The highest BCUT2D eigenvalue weighted by Crippen LogP contribution is 2.22. The van der Waals surface area contributed by atoms with Gasteiger partial charge in [0.1, 0.15) is 0 Å². The van der Waals surface area contributed by atoms with E-state index in [4.69, 9.17) is 5.11 Å². The smallest absolute Gasteiger partial charge is 0.308 e. The fourth-order valence-electron chi connectivity index (χ4n) is 0.693. The quantitative estimate of drug-likeness (QED) is 0.728. The first kappa shape index (κ1) is 10.6. The molecule has 0 amide bonds. The van der Waals surface area contributed by atoms with Crippen LogP contribution < -0.4 is 0 Å². The molecule has 0 saturated carbocycles. The van der Waals surface area contributed by atoms with E-state index in [9.17, 15) is 4.79 Å². The summed E-state index contributed by atoms with van der Waals surface area (Å²) in [6.45, 7) is 0. The maximum Gasteiger partial charge on any atom is 0.308 e. The van der Waals surface area contributed by atoms with Gasteiger partial charge in [-0.2, -0.15) is 0 Å². The van der Waals surface area contributed by atoms with E-state index in [1.165, 1.54) is 0 Å². The Balaban J connectivity index is 0.000001000. The molecule has 1 rings (SSSR count). The van der Waals surface area contributed by atoms with Crippen molar-refractivity contribution in [2.75, 3.05) is 5.75 Å². The summed E-state index contributed by atoms with van der Waals surface area (Å²) < 4.78 is 0. The first-order valence-corrected chi connectivity index (χ1v) is 3.98. The summed E-state index contributed by atoms with van der Waals surface area (Å²) in [6, 6.07) is 0. The Labute approximate surface area is 75.8 Å². The summed E-state index contributed by atoms with van der Waals surface area (Å²) in [5, 5.41) is 8.39. The summed E-state index contributed by atoms with van der Waals surface area (Å²) in [5.74, 6) is 0.146. The van der Waals surface area contributed by atoms with Gasteiger partial charge in [0.15, 0.2) is 0 Å². The third kappa shape index (κ3) is 4.11. The minimum atomic E-state index is -0.756. The molecule has 62 valence electrons. The van der Waals surface area contributed by atoms with Crippen molar-refractivity contribution in [3.63, 3.8) is 0 Å². The first-order valence-electron chi connectivity index (χ1n) is 2.99. The third-order valence-corrected chi connectivity index (χ3v) is 2.12. The van der Waals surface area contributed by atoms with Crippen LogP contribution in [0.4, 0.5) is 0 Å². The summed E-state index contributed by atoms with van der Waals surface area (Å²) in [5.41, 5.74) is 0. The fraction of sp³-hybridized carbons (Fsp3) is 0.286. The lowest BCUT2D eigenvalue weighted by molar-refractivity contribution is -0.136. The van der Waals surface area contributed by atoms with E-state index >= 15 is 0 Å². The molecule has 0 aromatic heterocycles. The Bertz CT molecular complexity index is 199. The number of carboxylic acids is 1. The van der Waals surface area contributed by atoms with Crippen molar-refractivity contribution in [1.29, 1.82) is 0 Å². The second kappa shape index (κ2) is 5.27. The standard InChI is InChI=1S/C7H8O2S.ClH/c8-7(9)5-6-3-1-2-4-10-6;/h1-3H,4-5H2,(H,8,9);1H. The molecule has 11 heavy (non-hydrogen) atoms. The Morgan fingerprint density at radius 2 is 2.45 bits per heavy atom. The van der Waals surface area contributed by atoms with Crippen LogP contribution in [0, 0.1) is 0 Å². The minimum Gasteiger partial charge on any atom is -0.481 e. The molecule has 4 heteroatoms. The Kier molecular flexibility index (Phi) is 5.07. The predicted molar refractivity (Wildman–Crippen MR) is 49.2 cm³/mol. The molecule has 0 radical (unpaired) electrons. The van der Waals surface area contributed by atoms with Crippen molar-refractivity contribution in [2.45, 2.75) is 6.42 Å². The molecule has 1 aliphatic rings. The summed E-state index contributed by atoms with van der Waals surface area (Å²) >= 11 is 1.58. The predicted octanol–water partition coefficient (Wildman–Crippen LogP) is 2.07. The van der Waals surface area contributed by atoms with E-state index in [1.807, 2.05) is 18.2 Å². The molecule has 0 atom stereocenters. The molecule has 0 aliphatic carbocycles. The Hall–Kier alpha value is -0.410. The minimum absolute atomic E-state index is 0. The number of aliphatic carboxylic acids is 1. The van der Waals surface area contributed by atoms with Crippen molar-refractivity contribution in [2.24, 2.45) is 0 Å². The number of rotatable bonds is 2. The lowest BCUT2D eigenvalue weighted by Gasteiger charge is -2.03. The summed E-state index contributed by atoms with van der Waals surface area (Å²) in [7, 11) is 0. The van der Waals surface area contributed by atoms with Crippen LogP contribution in [0.25, 0.3) is 0 Å². The zero-order valence-corrected chi connectivity index (χ0v) is 7.45. The number of hydrogen-bond acceptors (Lipinski definition) is 2. The van der Waals surface area contributed by atoms with E-state index < -0.39 is 5.97 Å². The molecule has 0 unspecified atom stereocenters. The van der Waals surface area contributed by atoms with Crippen LogP contribution in [0.1, 0.15) is 6.42 Å². The zero-order valence-electron chi connectivity index (χ0n) is 5.82. The van der Waals surface area contributed by atoms with Crippen LogP contribution in [0.3, 0.4) is 0 Å². The topological polar surface area (TPSA) is 37.3 Å². The SMILES string of the molecule is Cl.O=C(O)CC1=CC=CCS1. The second-order valence-corrected chi connectivity index (χ2v) is 3.09. The monoisotopic (exact) mass is 192 g/mol. The molecule has 1 N–H and O–H groups in total. The van der Waals surface area contributed by atoms with Gasteiger partial charge < -0.3 is 5.11 Å². The number of carbonyl (C=O) groups is 1. The highest BCUT2D eigenvalue weighted by molar-refractivity contribution is 8.03. The van der Waals surface area contributed by atoms with Gasteiger partial charge in [0.25, 0.3) is 0 Å². The maximum atomic E-state index is 10.2. The van der Waals surface area contributed by atoms with E-state index in [1.54, 1.807) is 11.8 Å². The van der Waals surface area contributed by atoms with Gasteiger partial charge in [0, 0.05) is 5.75 Å². The molecule has 2 nitrogen and oxygen atoms in total. The lowest BCUT2D eigenvalue weighted by atomic mass is 10.3. The van der Waals surface area contributed by atoms with Crippen LogP contribution in [0.2, 0.25) is 0 Å². The van der Waals surface area contributed by atoms with Crippen LogP contribution in [0.15, 0.2) is 23.1 Å². The van der Waals surface area contributed by atoms with Gasteiger partial charge in [-0.15, -0.1) is 24.2 Å². The normalized spacial score (nSPS) is 15.1. The first-order chi connectivity index (χ1) is 4.79. The van der Waals surface area contributed by atoms with Crippen LogP contribution in [-0.4, -0.2) is 16.8 Å². The van der Waals surface area contributed by atoms with Crippen LogP contribution >= 0.6 is 24.2 Å². The maximum absolute atomic E-state index is 10.2.